The first-order valence-corrected chi connectivity index (χ1v) is 6.55. The van der Waals surface area contributed by atoms with Gasteiger partial charge in [0, 0.05) is 13.0 Å². The SMILES string of the molecule is CC(=O)Oc1cc(C)ccc1[N+](=O)Nc1ccc(C)cc1. The van der Waals surface area contributed by atoms with Crippen LogP contribution in [0.15, 0.2) is 42.5 Å². The Morgan fingerprint density at radius 3 is 2.29 bits per heavy atom. The van der Waals surface area contributed by atoms with Gasteiger partial charge in [-0.15, -0.1) is 5.43 Å². The lowest BCUT2D eigenvalue weighted by atomic mass is 10.2. The van der Waals surface area contributed by atoms with Crippen LogP contribution in [-0.4, -0.2) is 10.8 Å². The second kappa shape index (κ2) is 6.17. The fraction of sp³-hybridized carbons (Fsp3) is 0.188. The summed E-state index contributed by atoms with van der Waals surface area (Å²) in [4.78, 5) is 23.9. The van der Waals surface area contributed by atoms with Crippen molar-refractivity contribution in [3.05, 3.63) is 58.5 Å². The first-order chi connectivity index (χ1) is 9.95. The third-order valence-electron chi connectivity index (χ3n) is 2.87. The van der Waals surface area contributed by atoms with E-state index in [1.165, 1.54) is 6.92 Å². The molecule has 0 radical (unpaired) electrons. The lowest BCUT2D eigenvalue weighted by molar-refractivity contribution is -0.428. The number of nitrogens with one attached hydrogen (secondary N) is 1. The first-order valence-electron chi connectivity index (χ1n) is 6.55. The zero-order valence-electron chi connectivity index (χ0n) is 12.2. The number of carbonyl (C=O) groups is 1. The summed E-state index contributed by atoms with van der Waals surface area (Å²) in [5, 5.41) is 0. The molecule has 0 fully saturated rings. The molecular weight excluding hydrogens is 268 g/mol. The van der Waals surface area contributed by atoms with Gasteiger partial charge in [-0.05, 0) is 37.6 Å². The van der Waals surface area contributed by atoms with Crippen LogP contribution in [0.1, 0.15) is 18.1 Å². The molecule has 0 bridgehead atoms. The Balaban J connectivity index is 2.25. The van der Waals surface area contributed by atoms with E-state index in [1.54, 1.807) is 30.3 Å². The number of nitroso groups, excluding NO2 is 1. The van der Waals surface area contributed by atoms with E-state index in [2.05, 4.69) is 5.43 Å². The average molecular weight is 285 g/mol. The number of nitrogens with zero attached hydrogens (tertiary/aromatic N) is 1. The number of benzene rings is 2. The molecule has 0 aliphatic carbocycles. The quantitative estimate of drug-likeness (QED) is 0.403. The lowest BCUT2D eigenvalue weighted by Gasteiger charge is -2.04. The minimum atomic E-state index is -0.467. The minimum absolute atomic E-state index is 0.233. The maximum atomic E-state index is 12.2. The summed E-state index contributed by atoms with van der Waals surface area (Å²) in [5.74, 6) is -0.234. The van der Waals surface area contributed by atoms with E-state index in [-0.39, 0.29) is 11.4 Å². The molecule has 2 aromatic carbocycles. The van der Waals surface area contributed by atoms with Gasteiger partial charge in [-0.3, -0.25) is 4.79 Å². The number of esters is 1. The molecule has 0 aromatic heterocycles. The van der Waals surface area contributed by atoms with E-state index >= 15 is 0 Å². The molecule has 2 rings (SSSR count). The number of ether oxygens (including phenoxy) is 1. The Bertz CT molecular complexity index is 678. The van der Waals surface area contributed by atoms with Crippen LogP contribution in [0.5, 0.6) is 5.75 Å². The third-order valence-corrected chi connectivity index (χ3v) is 2.87. The molecule has 0 spiro atoms. The van der Waals surface area contributed by atoms with E-state index < -0.39 is 5.97 Å². The van der Waals surface area contributed by atoms with Crippen LogP contribution < -0.4 is 10.2 Å². The summed E-state index contributed by atoms with van der Waals surface area (Å²) in [7, 11) is 0. The molecule has 2 aromatic rings. The van der Waals surface area contributed by atoms with Crippen molar-refractivity contribution in [2.45, 2.75) is 20.8 Å². The van der Waals surface area contributed by atoms with Crippen molar-refractivity contribution in [1.29, 1.82) is 0 Å². The standard InChI is InChI=1S/C16H17N2O3/c1-11-4-7-14(8-5-11)17-18(20)15-9-6-12(2)10-16(15)21-13(3)19/h4-10H,1-3H3,(H,17,20)/q+1. The number of hydrazine groups is 1. The van der Waals surface area contributed by atoms with Crippen LogP contribution in [0, 0.1) is 18.8 Å². The van der Waals surface area contributed by atoms with Gasteiger partial charge in [0.05, 0.1) is 4.91 Å². The van der Waals surface area contributed by atoms with Gasteiger partial charge in [-0.2, -0.15) is 0 Å². The summed E-state index contributed by atoms with van der Waals surface area (Å²) < 4.78 is 5.08. The number of aryl methyl sites for hydroxylation is 2. The number of hydrogen-bond donors (Lipinski definition) is 1. The van der Waals surface area contributed by atoms with Gasteiger partial charge in [-0.25, -0.2) is 0 Å². The highest BCUT2D eigenvalue weighted by Crippen LogP contribution is 2.28. The van der Waals surface area contributed by atoms with Gasteiger partial charge in [0.1, 0.15) is 5.69 Å². The van der Waals surface area contributed by atoms with Gasteiger partial charge >= 0.3 is 11.7 Å². The van der Waals surface area contributed by atoms with Crippen LogP contribution in [0.4, 0.5) is 11.4 Å². The number of hydrogen-bond acceptors (Lipinski definition) is 3. The van der Waals surface area contributed by atoms with Crippen molar-refractivity contribution in [1.82, 2.24) is 0 Å². The lowest BCUT2D eigenvalue weighted by Crippen LogP contribution is -2.13. The molecule has 0 saturated carbocycles. The summed E-state index contributed by atoms with van der Waals surface area (Å²) in [5.41, 5.74) is 5.62. The Hall–Kier alpha value is -2.69. The van der Waals surface area contributed by atoms with E-state index in [4.69, 9.17) is 4.74 Å². The topological polar surface area (TPSA) is 58.4 Å². The molecule has 0 saturated heterocycles. The minimum Gasteiger partial charge on any atom is -0.419 e. The van der Waals surface area contributed by atoms with Gasteiger partial charge < -0.3 is 4.74 Å². The zero-order valence-corrected chi connectivity index (χ0v) is 12.2. The molecule has 5 nitrogen and oxygen atoms in total. The summed E-state index contributed by atoms with van der Waals surface area (Å²) in [6.45, 7) is 5.13. The highest BCUT2D eigenvalue weighted by Gasteiger charge is 2.22. The molecule has 0 amide bonds. The average Bonchev–Trinajstić information content (AvgIpc) is 2.40. The molecule has 0 unspecified atom stereocenters. The van der Waals surface area contributed by atoms with Crippen LogP contribution in [0.25, 0.3) is 0 Å². The molecule has 0 atom stereocenters. The molecular formula is C16H17N2O3+. The predicted molar refractivity (Wildman–Crippen MR) is 80.6 cm³/mol. The zero-order chi connectivity index (χ0) is 15.4. The van der Waals surface area contributed by atoms with Gasteiger partial charge in [0.25, 0.3) is 0 Å². The Morgan fingerprint density at radius 2 is 1.67 bits per heavy atom. The maximum absolute atomic E-state index is 12.2. The van der Waals surface area contributed by atoms with Gasteiger partial charge in [0.2, 0.25) is 5.75 Å². The van der Waals surface area contributed by atoms with Crippen molar-refractivity contribution in [2.75, 3.05) is 5.43 Å². The van der Waals surface area contributed by atoms with Crippen LogP contribution in [-0.2, 0) is 4.79 Å². The normalized spacial score (nSPS) is 10.0. The van der Waals surface area contributed by atoms with Crippen molar-refractivity contribution < 1.29 is 14.4 Å². The van der Waals surface area contributed by atoms with E-state index in [0.29, 0.717) is 10.6 Å². The van der Waals surface area contributed by atoms with E-state index in [0.717, 1.165) is 11.1 Å². The Morgan fingerprint density at radius 1 is 1.05 bits per heavy atom. The third kappa shape index (κ3) is 3.89. The molecule has 0 aliphatic heterocycles. The van der Waals surface area contributed by atoms with Crippen LogP contribution in [0.2, 0.25) is 0 Å². The fourth-order valence-electron chi connectivity index (χ4n) is 1.83. The first kappa shape index (κ1) is 14.7. The van der Waals surface area contributed by atoms with Crippen LogP contribution in [0.3, 0.4) is 0 Å². The number of carbonyl (C=O) groups excluding carboxylic acids is 1. The van der Waals surface area contributed by atoms with Gasteiger partial charge in [-0.1, -0.05) is 23.8 Å². The molecule has 108 valence electrons. The van der Waals surface area contributed by atoms with Crippen molar-refractivity contribution in [3.63, 3.8) is 0 Å². The Labute approximate surface area is 123 Å². The summed E-state index contributed by atoms with van der Waals surface area (Å²) in [6, 6.07) is 12.5. The molecule has 1 N–H and O–H groups in total. The van der Waals surface area contributed by atoms with Crippen molar-refractivity contribution >= 4 is 17.3 Å². The molecule has 5 heteroatoms. The largest absolute Gasteiger partial charge is 0.419 e. The fourth-order valence-corrected chi connectivity index (χ4v) is 1.83. The van der Waals surface area contributed by atoms with E-state index in [9.17, 15) is 9.70 Å². The van der Waals surface area contributed by atoms with E-state index in [1.807, 2.05) is 26.0 Å². The Kier molecular flexibility index (Phi) is 4.33. The van der Waals surface area contributed by atoms with Crippen molar-refractivity contribution in [3.8, 4) is 5.75 Å². The smallest absolute Gasteiger partial charge is 0.334 e. The second-order valence-corrected chi connectivity index (χ2v) is 4.84. The van der Waals surface area contributed by atoms with Crippen LogP contribution >= 0.6 is 0 Å². The molecule has 21 heavy (non-hydrogen) atoms. The summed E-state index contributed by atoms with van der Waals surface area (Å²) in [6.07, 6.45) is 0. The molecule has 0 aliphatic rings. The maximum Gasteiger partial charge on any atom is 0.334 e. The number of anilines is 1. The highest BCUT2D eigenvalue weighted by molar-refractivity contribution is 5.71. The highest BCUT2D eigenvalue weighted by atomic mass is 16.5. The summed E-state index contributed by atoms with van der Waals surface area (Å²) >= 11 is 0. The monoisotopic (exact) mass is 285 g/mol. The second-order valence-electron chi connectivity index (χ2n) is 4.84. The predicted octanol–water partition coefficient (Wildman–Crippen LogP) is 3.67. The van der Waals surface area contributed by atoms with Crippen molar-refractivity contribution in [2.24, 2.45) is 0 Å². The molecule has 0 heterocycles. The number of rotatable bonds is 4. The van der Waals surface area contributed by atoms with Gasteiger partial charge in [0.15, 0.2) is 4.87 Å².